The highest BCUT2D eigenvalue weighted by molar-refractivity contribution is 6.28. The molecule has 0 N–H and O–H groups in total. The average Bonchev–Trinajstić information content (AvgIpc) is 3.31. The van der Waals surface area contributed by atoms with Gasteiger partial charge in [0.2, 0.25) is 7.98 Å². The largest absolute Gasteiger partial charge is 0.396 e. The minimum Gasteiger partial charge on any atom is -0.396 e. The molecule has 1 aromatic heterocycles. The molecule has 0 amide bonds. The van der Waals surface area contributed by atoms with Crippen LogP contribution in [0.4, 0.5) is 17.6 Å². The number of rotatable bonds is 4. The van der Waals surface area contributed by atoms with E-state index in [1.165, 1.54) is 0 Å². The molecule has 2 heterocycles. The Kier molecular flexibility index (Phi) is 7.90. The van der Waals surface area contributed by atoms with E-state index in [2.05, 4.69) is 24.3 Å². The van der Waals surface area contributed by atoms with Crippen LogP contribution >= 0.6 is 0 Å². The van der Waals surface area contributed by atoms with E-state index in [1.807, 2.05) is 81.7 Å². The highest BCUT2D eigenvalue weighted by atomic mass is 19.2. The molecule has 0 saturated carbocycles. The summed E-state index contributed by atoms with van der Waals surface area (Å²) in [6.07, 6.45) is 0. The summed E-state index contributed by atoms with van der Waals surface area (Å²) in [4.78, 5) is 4.90. The Morgan fingerprint density at radius 1 is 0.636 bits per heavy atom. The molecule has 0 spiro atoms. The molecule has 226 valence electrons. The van der Waals surface area contributed by atoms with Crippen LogP contribution < -0.4 is 0 Å². The fourth-order valence-corrected chi connectivity index (χ4v) is 7.30. The van der Waals surface area contributed by atoms with Crippen LogP contribution in [-0.4, -0.2) is 18.2 Å². The van der Waals surface area contributed by atoms with Crippen LogP contribution in [0.15, 0.2) is 46.6 Å². The van der Waals surface area contributed by atoms with Gasteiger partial charge in [0.1, 0.15) is 0 Å². The van der Waals surface area contributed by atoms with Crippen molar-refractivity contribution in [3.63, 3.8) is 0 Å². The number of aryl methyl sites for hydroxylation is 6. The Labute approximate surface area is 258 Å². The Hall–Kier alpha value is -4.13. The molecule has 0 atom stereocenters. The van der Waals surface area contributed by atoms with Crippen LogP contribution in [-0.2, 0) is 0 Å². The van der Waals surface area contributed by atoms with Crippen molar-refractivity contribution in [3.8, 4) is 11.1 Å². The normalized spacial score (nSPS) is 14.5. The van der Waals surface area contributed by atoms with Crippen molar-refractivity contribution in [3.05, 3.63) is 126 Å². The maximum Gasteiger partial charge on any atom is 0.223 e. The summed E-state index contributed by atoms with van der Waals surface area (Å²) in [6.45, 7) is 19.7. The van der Waals surface area contributed by atoms with Crippen molar-refractivity contribution >= 4 is 24.8 Å². The van der Waals surface area contributed by atoms with Gasteiger partial charge >= 0.3 is 0 Å². The van der Waals surface area contributed by atoms with E-state index in [4.69, 9.17) is 4.99 Å². The van der Waals surface area contributed by atoms with Gasteiger partial charge in [-0.2, -0.15) is 0 Å². The van der Waals surface area contributed by atoms with E-state index in [0.717, 1.165) is 66.9 Å². The lowest BCUT2D eigenvalue weighted by Crippen LogP contribution is -2.10. The van der Waals surface area contributed by atoms with E-state index in [-0.39, 0.29) is 17.3 Å². The van der Waals surface area contributed by atoms with Gasteiger partial charge in [-0.3, -0.25) is 4.99 Å². The summed E-state index contributed by atoms with van der Waals surface area (Å²) in [5, 5.41) is 0. The second-order valence-corrected chi connectivity index (χ2v) is 12.3. The summed E-state index contributed by atoms with van der Waals surface area (Å²) in [7, 11) is 1.81. The lowest BCUT2D eigenvalue weighted by Gasteiger charge is -2.18. The molecule has 1 aliphatic heterocycles. The van der Waals surface area contributed by atoms with Crippen LogP contribution in [0.5, 0.6) is 0 Å². The van der Waals surface area contributed by atoms with E-state index < -0.39 is 28.8 Å². The standard InChI is InChI=1S/C37H37BF4N2/c1-16-11-18(3)28(19(4)12-16)30-22(7)36(43-24(30)9)33(32-34(41)26(39)15-27(40)35(32)42)37-23(8)31(25(10)44(37)38)29-20(5)13-17(2)14-21(29)6/h11-15H,38H2,1-10H3/b36-33-. The fourth-order valence-electron chi connectivity index (χ4n) is 7.30. The molecule has 0 radical (unpaired) electrons. The maximum absolute atomic E-state index is 15.8. The molecular weight excluding hydrogens is 559 g/mol. The van der Waals surface area contributed by atoms with Gasteiger partial charge in [-0.05, 0) is 114 Å². The predicted octanol–water partition coefficient (Wildman–Crippen LogP) is 9.28. The first kappa shape index (κ1) is 31.3. The number of halogens is 4. The van der Waals surface area contributed by atoms with Gasteiger partial charge < -0.3 is 4.48 Å². The Balaban J connectivity index is 1.97. The summed E-state index contributed by atoms with van der Waals surface area (Å²) >= 11 is 0. The molecule has 2 nitrogen and oxygen atoms in total. The average molecular weight is 597 g/mol. The molecule has 7 heteroatoms. The molecule has 0 fully saturated rings. The highest BCUT2D eigenvalue weighted by Crippen LogP contribution is 2.46. The van der Waals surface area contributed by atoms with Gasteiger partial charge in [-0.25, -0.2) is 17.6 Å². The minimum absolute atomic E-state index is 0.0180. The van der Waals surface area contributed by atoms with Crippen molar-refractivity contribution in [1.82, 2.24) is 4.48 Å². The lowest BCUT2D eigenvalue weighted by atomic mass is 9.87. The highest BCUT2D eigenvalue weighted by Gasteiger charge is 2.33. The second kappa shape index (κ2) is 11.1. The van der Waals surface area contributed by atoms with E-state index in [0.29, 0.717) is 17.0 Å². The van der Waals surface area contributed by atoms with Crippen molar-refractivity contribution < 1.29 is 17.6 Å². The fraction of sp³-hybridized carbons (Fsp3) is 0.270. The first-order chi connectivity index (χ1) is 20.6. The molecule has 4 aromatic rings. The molecule has 0 saturated heterocycles. The third-order valence-electron chi connectivity index (χ3n) is 8.99. The van der Waals surface area contributed by atoms with Gasteiger partial charge in [-0.15, -0.1) is 0 Å². The van der Waals surface area contributed by atoms with Gasteiger partial charge in [-0.1, -0.05) is 35.4 Å². The molecule has 1 aliphatic rings. The summed E-state index contributed by atoms with van der Waals surface area (Å²) in [5.41, 5.74) is 13.2. The Bertz CT molecular complexity index is 1930. The Morgan fingerprint density at radius 2 is 1.09 bits per heavy atom. The molecule has 5 rings (SSSR count). The molecule has 44 heavy (non-hydrogen) atoms. The zero-order chi connectivity index (χ0) is 32.5. The van der Waals surface area contributed by atoms with Crippen molar-refractivity contribution in [2.75, 3.05) is 0 Å². The van der Waals surface area contributed by atoms with Crippen LogP contribution in [0.2, 0.25) is 0 Å². The first-order valence-electron chi connectivity index (χ1n) is 14.7. The number of aromatic nitrogens is 1. The number of benzene rings is 3. The third-order valence-corrected chi connectivity index (χ3v) is 8.99. The van der Waals surface area contributed by atoms with E-state index in [9.17, 15) is 8.78 Å². The predicted molar refractivity (Wildman–Crippen MR) is 176 cm³/mol. The van der Waals surface area contributed by atoms with Gasteiger partial charge in [0.25, 0.3) is 0 Å². The zero-order valence-electron chi connectivity index (χ0n) is 27.3. The molecule has 3 aromatic carbocycles. The van der Waals surface area contributed by atoms with Crippen LogP contribution in [0.1, 0.15) is 75.3 Å². The molecule has 0 aliphatic carbocycles. The number of allylic oxidation sites excluding steroid dienone is 2. The molecule has 0 unspecified atom stereocenters. The summed E-state index contributed by atoms with van der Waals surface area (Å²) < 4.78 is 63.3. The summed E-state index contributed by atoms with van der Waals surface area (Å²) in [5.74, 6) is -5.83. The van der Waals surface area contributed by atoms with Gasteiger partial charge in [0, 0.05) is 39.9 Å². The Morgan fingerprint density at radius 3 is 1.57 bits per heavy atom. The van der Waals surface area contributed by atoms with E-state index >= 15 is 8.78 Å². The summed E-state index contributed by atoms with van der Waals surface area (Å²) in [6, 6.07) is 8.63. The second-order valence-electron chi connectivity index (χ2n) is 12.3. The smallest absolute Gasteiger partial charge is 0.223 e. The van der Waals surface area contributed by atoms with Crippen molar-refractivity contribution in [2.45, 2.75) is 69.2 Å². The van der Waals surface area contributed by atoms with E-state index in [1.54, 1.807) is 0 Å². The first-order valence-corrected chi connectivity index (χ1v) is 14.7. The number of hydrogen-bond donors (Lipinski definition) is 0. The quantitative estimate of drug-likeness (QED) is 0.127. The zero-order valence-corrected chi connectivity index (χ0v) is 27.3. The monoisotopic (exact) mass is 596 g/mol. The maximum atomic E-state index is 15.8. The van der Waals surface area contributed by atoms with Crippen LogP contribution in [0.25, 0.3) is 22.3 Å². The van der Waals surface area contributed by atoms with Gasteiger partial charge in [0.15, 0.2) is 23.3 Å². The molecule has 0 bridgehead atoms. The minimum atomic E-state index is -1.46. The van der Waals surface area contributed by atoms with Crippen LogP contribution in [0, 0.1) is 78.7 Å². The third kappa shape index (κ3) is 4.77. The number of hydrogen-bond acceptors (Lipinski definition) is 1. The van der Waals surface area contributed by atoms with Crippen molar-refractivity contribution in [1.29, 1.82) is 0 Å². The topological polar surface area (TPSA) is 17.3 Å². The number of aliphatic imine (C=N–C) groups is 1. The lowest BCUT2D eigenvalue weighted by molar-refractivity contribution is 0.450. The molecular formula is C37H37BF4N2. The van der Waals surface area contributed by atoms with Gasteiger partial charge in [0.05, 0.1) is 11.3 Å². The SMILES string of the molecule is Bn1c(C)c(-c2c(C)cc(C)cc2C)c(C)c1/C(=C1\N=C(C)C(c2c(C)cc(C)cc2C)=C1C)c1c(F)c(F)cc(F)c1F. The van der Waals surface area contributed by atoms with Crippen LogP contribution in [0.3, 0.4) is 0 Å². The number of nitrogens with zero attached hydrogens (tertiary/aromatic N) is 2. The van der Waals surface area contributed by atoms with Crippen molar-refractivity contribution in [2.24, 2.45) is 4.99 Å².